The minimum Gasteiger partial charge on any atom is -0.478 e. The van der Waals surface area contributed by atoms with Crippen molar-refractivity contribution >= 4 is 16.0 Å². The molecule has 1 N–H and O–H groups in total. The molecule has 0 aliphatic carbocycles. The lowest BCUT2D eigenvalue weighted by molar-refractivity contribution is -0.0170. The van der Waals surface area contributed by atoms with Crippen molar-refractivity contribution in [1.82, 2.24) is 4.31 Å². The van der Waals surface area contributed by atoms with Gasteiger partial charge in [-0.2, -0.15) is 4.31 Å². The summed E-state index contributed by atoms with van der Waals surface area (Å²) < 4.78 is 32.0. The SMILES string of the molecule is C[C@@H]1CO[C@@H](C)CN1S(=O)(=O)c1cccc(C(=O)O)c1. The van der Waals surface area contributed by atoms with Gasteiger partial charge in [0.15, 0.2) is 0 Å². The number of nitrogens with zero attached hydrogens (tertiary/aromatic N) is 1. The summed E-state index contributed by atoms with van der Waals surface area (Å²) in [5.41, 5.74) is -0.0416. The lowest BCUT2D eigenvalue weighted by Gasteiger charge is -2.35. The molecule has 0 radical (unpaired) electrons. The topological polar surface area (TPSA) is 83.9 Å². The third-order valence-electron chi connectivity index (χ3n) is 3.24. The molecular weight excluding hydrogens is 282 g/mol. The molecule has 0 bridgehead atoms. The minimum absolute atomic E-state index is 0.00153. The van der Waals surface area contributed by atoms with E-state index in [4.69, 9.17) is 9.84 Å². The van der Waals surface area contributed by atoms with Crippen molar-refractivity contribution in [2.75, 3.05) is 13.2 Å². The molecule has 0 unspecified atom stereocenters. The van der Waals surface area contributed by atoms with E-state index in [1.54, 1.807) is 6.92 Å². The van der Waals surface area contributed by atoms with Crippen molar-refractivity contribution in [2.24, 2.45) is 0 Å². The molecule has 20 heavy (non-hydrogen) atoms. The van der Waals surface area contributed by atoms with Gasteiger partial charge in [0, 0.05) is 12.6 Å². The largest absolute Gasteiger partial charge is 0.478 e. The average Bonchev–Trinajstić information content (AvgIpc) is 2.41. The lowest BCUT2D eigenvalue weighted by Crippen LogP contribution is -2.50. The first kappa shape index (κ1) is 15.0. The lowest BCUT2D eigenvalue weighted by atomic mass is 10.2. The number of carbonyl (C=O) groups is 1. The molecule has 0 aromatic heterocycles. The van der Waals surface area contributed by atoms with Gasteiger partial charge >= 0.3 is 5.97 Å². The zero-order chi connectivity index (χ0) is 14.9. The molecule has 1 aliphatic rings. The van der Waals surface area contributed by atoms with Crippen LogP contribution in [-0.2, 0) is 14.8 Å². The quantitative estimate of drug-likeness (QED) is 0.906. The summed E-state index contributed by atoms with van der Waals surface area (Å²) in [5.74, 6) is -1.15. The van der Waals surface area contributed by atoms with Gasteiger partial charge in [-0.15, -0.1) is 0 Å². The monoisotopic (exact) mass is 299 g/mol. The van der Waals surface area contributed by atoms with Gasteiger partial charge < -0.3 is 9.84 Å². The average molecular weight is 299 g/mol. The van der Waals surface area contributed by atoms with Crippen LogP contribution in [0.4, 0.5) is 0 Å². The standard InChI is InChI=1S/C13H17NO5S/c1-9-8-19-10(2)7-14(9)20(17,18)12-5-3-4-11(6-12)13(15)16/h3-6,9-10H,7-8H2,1-2H3,(H,15,16)/t9-,10+/m1/s1. The molecule has 1 aromatic carbocycles. The van der Waals surface area contributed by atoms with Crippen molar-refractivity contribution < 1.29 is 23.1 Å². The Morgan fingerprint density at radius 1 is 1.40 bits per heavy atom. The molecule has 0 spiro atoms. The summed E-state index contributed by atoms with van der Waals surface area (Å²) in [6.45, 7) is 4.17. The van der Waals surface area contributed by atoms with Crippen LogP contribution in [0.5, 0.6) is 0 Å². The Labute approximate surface area is 118 Å². The Kier molecular flexibility index (Phi) is 4.12. The number of benzene rings is 1. The van der Waals surface area contributed by atoms with Crippen molar-refractivity contribution in [1.29, 1.82) is 0 Å². The maximum Gasteiger partial charge on any atom is 0.335 e. The van der Waals surface area contributed by atoms with E-state index in [-0.39, 0.29) is 29.1 Å². The van der Waals surface area contributed by atoms with Crippen LogP contribution < -0.4 is 0 Å². The van der Waals surface area contributed by atoms with Crippen molar-refractivity contribution in [3.63, 3.8) is 0 Å². The summed E-state index contributed by atoms with van der Waals surface area (Å²) >= 11 is 0. The van der Waals surface area contributed by atoms with E-state index in [2.05, 4.69) is 0 Å². The van der Waals surface area contributed by atoms with Crippen molar-refractivity contribution in [3.8, 4) is 0 Å². The maximum atomic E-state index is 12.6. The van der Waals surface area contributed by atoms with Gasteiger partial charge in [0.1, 0.15) is 0 Å². The van der Waals surface area contributed by atoms with Gasteiger partial charge in [0.25, 0.3) is 0 Å². The second kappa shape index (κ2) is 5.51. The van der Waals surface area contributed by atoms with E-state index in [9.17, 15) is 13.2 Å². The predicted octanol–water partition coefficient (Wildman–Crippen LogP) is 1.18. The van der Waals surface area contributed by atoms with Gasteiger partial charge in [0.05, 0.1) is 23.2 Å². The van der Waals surface area contributed by atoms with E-state index in [0.29, 0.717) is 6.61 Å². The Hall–Kier alpha value is -1.44. The number of rotatable bonds is 3. The van der Waals surface area contributed by atoms with Crippen molar-refractivity contribution in [3.05, 3.63) is 29.8 Å². The molecule has 1 heterocycles. The van der Waals surface area contributed by atoms with Gasteiger partial charge in [-0.1, -0.05) is 6.07 Å². The normalized spacial score (nSPS) is 24.5. The van der Waals surface area contributed by atoms with E-state index >= 15 is 0 Å². The zero-order valence-electron chi connectivity index (χ0n) is 11.3. The second-order valence-corrected chi connectivity index (χ2v) is 6.79. The summed E-state index contributed by atoms with van der Waals surface area (Å²) in [6, 6.07) is 5.13. The number of carboxylic acid groups (broad SMARTS) is 1. The molecule has 1 aromatic rings. The van der Waals surface area contributed by atoms with Crippen LogP contribution >= 0.6 is 0 Å². The van der Waals surface area contributed by atoms with Crippen molar-refractivity contribution in [2.45, 2.75) is 30.9 Å². The second-order valence-electron chi connectivity index (χ2n) is 4.90. The number of hydrogen-bond acceptors (Lipinski definition) is 4. The van der Waals surface area contributed by atoms with Crippen LogP contribution in [0.15, 0.2) is 29.2 Å². The molecule has 7 heteroatoms. The van der Waals surface area contributed by atoms with Gasteiger partial charge in [0.2, 0.25) is 10.0 Å². The molecule has 1 saturated heterocycles. The van der Waals surface area contributed by atoms with E-state index in [1.165, 1.54) is 28.6 Å². The van der Waals surface area contributed by atoms with Crippen LogP contribution in [0.2, 0.25) is 0 Å². The maximum absolute atomic E-state index is 12.6. The molecule has 0 saturated carbocycles. The first-order chi connectivity index (χ1) is 9.32. The Morgan fingerprint density at radius 2 is 2.10 bits per heavy atom. The van der Waals surface area contributed by atoms with Crippen LogP contribution in [-0.4, -0.2) is 49.1 Å². The van der Waals surface area contributed by atoms with Gasteiger partial charge in [-0.05, 0) is 32.0 Å². The number of ether oxygens (including phenoxy) is 1. The summed E-state index contributed by atoms with van der Waals surface area (Å²) in [5, 5.41) is 8.95. The fourth-order valence-corrected chi connectivity index (χ4v) is 3.87. The molecule has 1 aliphatic heterocycles. The zero-order valence-corrected chi connectivity index (χ0v) is 12.1. The molecular formula is C13H17NO5S. The first-order valence-corrected chi connectivity index (χ1v) is 7.73. The highest BCUT2D eigenvalue weighted by Crippen LogP contribution is 2.23. The molecule has 1 fully saturated rings. The number of hydrogen-bond donors (Lipinski definition) is 1. The highest BCUT2D eigenvalue weighted by molar-refractivity contribution is 7.89. The Bertz CT molecular complexity index is 613. The Morgan fingerprint density at radius 3 is 2.75 bits per heavy atom. The molecule has 110 valence electrons. The van der Waals surface area contributed by atoms with E-state index in [1.807, 2.05) is 6.92 Å². The molecule has 2 rings (SSSR count). The predicted molar refractivity (Wildman–Crippen MR) is 72.2 cm³/mol. The Balaban J connectivity index is 2.39. The fourth-order valence-electron chi connectivity index (χ4n) is 2.13. The van der Waals surface area contributed by atoms with Gasteiger partial charge in [-0.25, -0.2) is 13.2 Å². The highest BCUT2D eigenvalue weighted by Gasteiger charge is 2.34. The number of sulfonamides is 1. The number of morpholine rings is 1. The van der Waals surface area contributed by atoms with Gasteiger partial charge in [-0.3, -0.25) is 0 Å². The van der Waals surface area contributed by atoms with Crippen LogP contribution in [0.25, 0.3) is 0 Å². The number of aromatic carboxylic acids is 1. The summed E-state index contributed by atoms with van der Waals surface area (Å²) in [7, 11) is -3.71. The third-order valence-corrected chi connectivity index (χ3v) is 5.21. The van der Waals surface area contributed by atoms with Crippen LogP contribution in [0.1, 0.15) is 24.2 Å². The highest BCUT2D eigenvalue weighted by atomic mass is 32.2. The van der Waals surface area contributed by atoms with Crippen LogP contribution in [0, 0.1) is 0 Å². The molecule has 2 atom stereocenters. The molecule has 0 amide bonds. The van der Waals surface area contributed by atoms with E-state index < -0.39 is 16.0 Å². The summed E-state index contributed by atoms with van der Waals surface area (Å²) in [6.07, 6.45) is -0.177. The first-order valence-electron chi connectivity index (χ1n) is 6.29. The van der Waals surface area contributed by atoms with E-state index in [0.717, 1.165) is 0 Å². The summed E-state index contributed by atoms with van der Waals surface area (Å²) in [4.78, 5) is 10.9. The minimum atomic E-state index is -3.71. The van der Waals surface area contributed by atoms with Crippen LogP contribution in [0.3, 0.4) is 0 Å². The molecule has 6 nitrogen and oxygen atoms in total. The third kappa shape index (κ3) is 2.84. The fraction of sp³-hybridized carbons (Fsp3) is 0.462. The number of carboxylic acids is 1. The smallest absolute Gasteiger partial charge is 0.335 e.